The third kappa shape index (κ3) is 6.46. The topological polar surface area (TPSA) is 187 Å². The summed E-state index contributed by atoms with van der Waals surface area (Å²) in [7, 11) is -2.41. The van der Waals surface area contributed by atoms with Gasteiger partial charge in [-0.2, -0.15) is 19.0 Å². The number of imidazole rings is 1. The summed E-state index contributed by atoms with van der Waals surface area (Å²) in [5, 5.41) is 19.3. The van der Waals surface area contributed by atoms with Crippen molar-refractivity contribution in [3.63, 3.8) is 0 Å². The number of aryl methyl sites for hydroxylation is 1. The van der Waals surface area contributed by atoms with Gasteiger partial charge in [0, 0.05) is 41.6 Å². The Labute approximate surface area is 324 Å². The van der Waals surface area contributed by atoms with Crippen molar-refractivity contribution in [2.24, 2.45) is 18.7 Å². The van der Waals surface area contributed by atoms with E-state index in [-0.39, 0.29) is 73.1 Å². The number of H-pyrrole nitrogens is 1. The fourth-order valence-electron chi connectivity index (χ4n) is 8.03. The van der Waals surface area contributed by atoms with Gasteiger partial charge in [-0.15, -0.1) is 0 Å². The van der Waals surface area contributed by atoms with Crippen LogP contribution >= 0.6 is 11.6 Å². The van der Waals surface area contributed by atoms with Gasteiger partial charge in [0.1, 0.15) is 40.5 Å². The number of pyridine rings is 1. The quantitative estimate of drug-likeness (QED) is 0.107. The van der Waals surface area contributed by atoms with Crippen LogP contribution in [0, 0.1) is 17.6 Å². The van der Waals surface area contributed by atoms with Crippen molar-refractivity contribution in [3.05, 3.63) is 87.1 Å². The standard InChI is InChI=1S/C36H32ClF6N9O4S/c1-35(2,54)34-45-22-12-17(16-5-6-21(37)24-27(16)51(3)49-33(24)50-57(4,55)56)25(46-32(22)47-34)19(9-13-7-14(38)10-15(39)8-13)28(31(44)53)52-29-23(26(48-52)30(40)41)18-11-20(18)36(29,42)43/h5-8,10,12,18-20,28,30,54H,9,11H2,1-4H3,(H2,44,53)(H,49,50)(H,45,46,47)/t18-,19+,20+,28?/m0/s1. The number of rotatable bonds is 11. The van der Waals surface area contributed by atoms with Crippen LogP contribution in [0.4, 0.5) is 32.2 Å². The number of carbonyl (C=O) groups is 1. The van der Waals surface area contributed by atoms with Crippen LogP contribution in [0.5, 0.6) is 0 Å². The van der Waals surface area contributed by atoms with E-state index < -0.39 is 87.1 Å². The first-order valence-corrected chi connectivity index (χ1v) is 19.6. The third-order valence-electron chi connectivity index (χ3n) is 10.4. The Morgan fingerprint density at radius 1 is 1.11 bits per heavy atom. The summed E-state index contributed by atoms with van der Waals surface area (Å²) >= 11 is 6.62. The Kier molecular flexibility index (Phi) is 8.75. The van der Waals surface area contributed by atoms with Crippen molar-refractivity contribution >= 4 is 55.4 Å². The second kappa shape index (κ2) is 12.9. The van der Waals surface area contributed by atoms with E-state index in [0.717, 1.165) is 18.4 Å². The lowest BCUT2D eigenvalue weighted by atomic mass is 9.84. The molecule has 4 aromatic heterocycles. The molecule has 57 heavy (non-hydrogen) atoms. The number of anilines is 1. The van der Waals surface area contributed by atoms with Gasteiger partial charge < -0.3 is 15.8 Å². The predicted molar refractivity (Wildman–Crippen MR) is 195 cm³/mol. The first kappa shape index (κ1) is 38.7. The number of alkyl halides is 4. The lowest BCUT2D eigenvalue weighted by Gasteiger charge is -2.29. The van der Waals surface area contributed by atoms with E-state index in [2.05, 4.69) is 24.9 Å². The van der Waals surface area contributed by atoms with Crippen LogP contribution in [-0.2, 0) is 39.8 Å². The Morgan fingerprint density at radius 2 is 1.79 bits per heavy atom. The SMILES string of the molecule is Cn1nc(NS(C)(=O)=O)c2c(Cl)ccc(-c3cc4[nH]c(C(C)(C)O)nc4nc3[C@@H](Cc3cc(F)cc(F)c3)C(C(N)=O)n3nc(C(F)F)c4c3C(F)(F)[C@@H]3C[C@H]43)c21. The zero-order valence-corrected chi connectivity index (χ0v) is 31.8. The normalized spacial score (nSPS) is 18.6. The summed E-state index contributed by atoms with van der Waals surface area (Å²) in [6.07, 6.45) is -3.02. The molecule has 0 aliphatic heterocycles. The molecule has 0 radical (unpaired) electrons. The van der Waals surface area contributed by atoms with Gasteiger partial charge in [-0.25, -0.2) is 40.6 Å². The number of aliphatic hydroxyl groups is 1. The molecule has 0 spiro atoms. The summed E-state index contributed by atoms with van der Waals surface area (Å²) in [6, 6.07) is 4.88. The summed E-state index contributed by atoms with van der Waals surface area (Å²) in [5.41, 5.74) is 2.67. The van der Waals surface area contributed by atoms with Crippen LogP contribution in [0.25, 0.3) is 33.2 Å². The first-order chi connectivity index (χ1) is 26.5. The molecule has 2 aliphatic rings. The molecule has 1 amide bonds. The lowest BCUT2D eigenvalue weighted by Crippen LogP contribution is -2.37. The van der Waals surface area contributed by atoms with Gasteiger partial charge in [0.05, 0.1) is 33.4 Å². The van der Waals surface area contributed by atoms with Crippen molar-refractivity contribution in [2.75, 3.05) is 11.0 Å². The van der Waals surface area contributed by atoms with E-state index in [0.29, 0.717) is 10.7 Å². The van der Waals surface area contributed by atoms with E-state index in [4.69, 9.17) is 22.3 Å². The molecule has 4 heterocycles. The number of sulfonamides is 1. The largest absolute Gasteiger partial charge is 0.383 e. The number of hydrogen-bond acceptors (Lipinski definition) is 8. The minimum atomic E-state index is -3.89. The number of carbonyl (C=O) groups excluding carboxylic acids is 1. The number of amides is 1. The van der Waals surface area contributed by atoms with Crippen molar-refractivity contribution in [3.8, 4) is 11.1 Å². The number of halogens is 7. The Balaban J connectivity index is 1.47. The molecule has 5 N–H and O–H groups in total. The van der Waals surface area contributed by atoms with Gasteiger partial charge in [0.25, 0.3) is 12.3 Å². The second-order valence-electron chi connectivity index (χ2n) is 15.0. The van der Waals surface area contributed by atoms with Gasteiger partial charge in [0.2, 0.25) is 15.9 Å². The monoisotopic (exact) mass is 835 g/mol. The van der Waals surface area contributed by atoms with E-state index in [9.17, 15) is 35.9 Å². The molecule has 1 unspecified atom stereocenters. The zero-order valence-electron chi connectivity index (χ0n) is 30.3. The number of nitrogens with zero attached hydrogens (tertiary/aromatic N) is 6. The number of aromatic amines is 1. The minimum Gasteiger partial charge on any atom is -0.383 e. The number of aromatic nitrogens is 7. The van der Waals surface area contributed by atoms with Crippen LogP contribution < -0.4 is 10.5 Å². The summed E-state index contributed by atoms with van der Waals surface area (Å²) < 4.78 is 120. The highest BCUT2D eigenvalue weighted by Crippen LogP contribution is 2.68. The van der Waals surface area contributed by atoms with E-state index >= 15 is 8.78 Å². The van der Waals surface area contributed by atoms with Gasteiger partial charge in [-0.05, 0) is 62.4 Å². The molecular weight excluding hydrogens is 804 g/mol. The molecule has 1 fully saturated rings. The highest BCUT2D eigenvalue weighted by molar-refractivity contribution is 7.92. The van der Waals surface area contributed by atoms with Crippen LogP contribution in [0.2, 0.25) is 5.02 Å². The number of benzene rings is 2. The van der Waals surface area contributed by atoms with Crippen LogP contribution in [-0.4, -0.2) is 60.2 Å². The van der Waals surface area contributed by atoms with Crippen molar-refractivity contribution in [2.45, 2.75) is 62.5 Å². The van der Waals surface area contributed by atoms with Gasteiger partial charge in [-0.1, -0.05) is 17.7 Å². The minimum absolute atomic E-state index is 0.0371. The number of nitrogens with two attached hydrogens (primary N) is 1. The molecular formula is C36H32ClF6N9O4S. The molecule has 2 aromatic carbocycles. The molecule has 1 saturated carbocycles. The molecule has 4 atom stereocenters. The number of hydrogen-bond donors (Lipinski definition) is 4. The fraction of sp³-hybridized carbons (Fsp3) is 0.361. The van der Waals surface area contributed by atoms with Crippen molar-refractivity contribution < 1.29 is 44.7 Å². The molecule has 6 aromatic rings. The molecule has 300 valence electrons. The first-order valence-electron chi connectivity index (χ1n) is 17.3. The smallest absolute Gasteiger partial charge is 0.293 e. The zero-order chi connectivity index (χ0) is 41.3. The Hall–Kier alpha value is -5.21. The maximum atomic E-state index is 16.1. The summed E-state index contributed by atoms with van der Waals surface area (Å²) in [5.74, 6) is -11.0. The van der Waals surface area contributed by atoms with E-state index in [1.807, 2.05) is 0 Å². The Bertz CT molecular complexity index is 2760. The van der Waals surface area contributed by atoms with Gasteiger partial charge >= 0.3 is 0 Å². The molecule has 13 nitrogen and oxygen atoms in total. The van der Waals surface area contributed by atoms with Crippen LogP contribution in [0.3, 0.4) is 0 Å². The number of primary amides is 1. The number of nitrogens with one attached hydrogen (secondary N) is 2. The lowest BCUT2D eigenvalue weighted by molar-refractivity contribution is -0.122. The van der Waals surface area contributed by atoms with Crippen LogP contribution in [0.15, 0.2) is 36.4 Å². The summed E-state index contributed by atoms with van der Waals surface area (Å²) in [4.78, 5) is 26.0. The molecule has 0 bridgehead atoms. The molecule has 0 saturated heterocycles. The maximum Gasteiger partial charge on any atom is 0.293 e. The highest BCUT2D eigenvalue weighted by Gasteiger charge is 2.67. The second-order valence-corrected chi connectivity index (χ2v) is 17.2. The van der Waals surface area contributed by atoms with E-state index in [1.165, 1.54) is 43.8 Å². The Morgan fingerprint density at radius 3 is 2.40 bits per heavy atom. The van der Waals surface area contributed by atoms with Crippen molar-refractivity contribution in [1.29, 1.82) is 0 Å². The van der Waals surface area contributed by atoms with E-state index in [1.54, 1.807) is 0 Å². The van der Waals surface area contributed by atoms with Crippen molar-refractivity contribution in [1.82, 2.24) is 34.5 Å². The molecule has 8 rings (SSSR count). The predicted octanol–water partition coefficient (Wildman–Crippen LogP) is 6.44. The van der Waals surface area contributed by atoms with Crippen LogP contribution in [0.1, 0.15) is 78.6 Å². The average Bonchev–Trinajstić information content (AvgIpc) is 3.33. The van der Waals surface area contributed by atoms with Gasteiger partial charge in [0.15, 0.2) is 11.5 Å². The fourth-order valence-corrected chi connectivity index (χ4v) is 8.77. The summed E-state index contributed by atoms with van der Waals surface area (Å²) in [6.45, 7) is 2.88. The highest BCUT2D eigenvalue weighted by atomic mass is 35.5. The average molecular weight is 836 g/mol. The molecule has 21 heteroatoms. The molecule has 2 aliphatic carbocycles. The maximum absolute atomic E-state index is 16.1. The third-order valence-corrected chi connectivity index (χ3v) is 11.3. The van der Waals surface area contributed by atoms with Gasteiger partial charge in [-0.3, -0.25) is 14.2 Å². The number of fused-ring (bicyclic) bond motifs is 5.